The van der Waals surface area contributed by atoms with Gasteiger partial charge in [0, 0.05) is 42.3 Å². The minimum Gasteiger partial charge on any atom is -0.409 e. The zero-order chi connectivity index (χ0) is 26.4. The van der Waals surface area contributed by atoms with Crippen molar-refractivity contribution < 1.29 is 40.3 Å². The van der Waals surface area contributed by atoms with E-state index >= 15 is 0 Å². The van der Waals surface area contributed by atoms with Crippen LogP contribution in [0, 0.1) is 17.8 Å². The van der Waals surface area contributed by atoms with Gasteiger partial charge in [0.05, 0.1) is 11.1 Å². The van der Waals surface area contributed by atoms with Gasteiger partial charge in [0.15, 0.2) is 5.75 Å². The van der Waals surface area contributed by atoms with E-state index in [1.807, 2.05) is 6.04 Å². The second-order valence-corrected chi connectivity index (χ2v) is 6.71. The number of nitrogens with zero attached hydrogens (tertiary/aromatic N) is 2. The largest absolute Gasteiger partial charge is 0.420 e. The fraction of sp³-hybridized carbons (Fsp3) is 0.182. The number of nitrogens with two attached hydrogens (primary N) is 2. The first-order valence-electron chi connectivity index (χ1n) is 9.43. The van der Waals surface area contributed by atoms with Crippen LogP contribution in [-0.2, 0) is 12.4 Å². The summed E-state index contributed by atoms with van der Waals surface area (Å²) < 4.78 is 99.7. The number of allylic oxidation sites excluding steroid dienone is 1. The van der Waals surface area contributed by atoms with Gasteiger partial charge in [-0.15, -0.1) is 0 Å². The average molecular weight is 502 g/mol. The molecule has 6 nitrogen and oxygen atoms in total. The minimum atomic E-state index is -5.36. The second kappa shape index (κ2) is 10.8. The number of carbonyl (C=O) groups excluding carboxylic acids is 1. The fourth-order valence-electron chi connectivity index (χ4n) is 2.69. The molecule has 0 heterocycles. The number of hydrogen-bond donors (Lipinski definition) is 2. The van der Waals surface area contributed by atoms with Crippen molar-refractivity contribution in [3.05, 3.63) is 65.1 Å². The summed E-state index contributed by atoms with van der Waals surface area (Å²) in [5.41, 5.74) is 5.69. The van der Waals surface area contributed by atoms with E-state index in [4.69, 9.17) is 16.2 Å². The molecular weight excluding hydrogens is 485 g/mol. The van der Waals surface area contributed by atoms with Gasteiger partial charge in [0.1, 0.15) is 12.4 Å². The van der Waals surface area contributed by atoms with Gasteiger partial charge in [-0.25, -0.2) is 9.18 Å². The van der Waals surface area contributed by atoms with Crippen molar-refractivity contribution in [2.24, 2.45) is 16.5 Å². The molecule has 0 aliphatic rings. The zero-order valence-electron chi connectivity index (χ0n) is 17.8. The zero-order valence-corrected chi connectivity index (χ0v) is 17.8. The van der Waals surface area contributed by atoms with Crippen LogP contribution >= 0.6 is 0 Å². The number of aliphatic imine (C=N–C) groups is 1. The first kappa shape index (κ1) is 27.0. The van der Waals surface area contributed by atoms with Gasteiger partial charge in [-0.2, -0.15) is 26.3 Å². The predicted octanol–water partition coefficient (Wildman–Crippen LogP) is 4.79. The summed E-state index contributed by atoms with van der Waals surface area (Å²) in [5, 5.41) is 0. The number of hydrogen-bond acceptors (Lipinski definition) is 5. The van der Waals surface area contributed by atoms with Crippen molar-refractivity contribution in [1.82, 2.24) is 0 Å². The van der Waals surface area contributed by atoms with E-state index in [2.05, 4.69) is 10.9 Å². The van der Waals surface area contributed by atoms with Crippen LogP contribution in [0.1, 0.15) is 16.7 Å². The molecular formula is C22H17F7N4O2. The number of amides is 1. The third-order valence-electron chi connectivity index (χ3n) is 4.39. The first-order valence-corrected chi connectivity index (χ1v) is 9.43. The highest BCUT2D eigenvalue weighted by atomic mass is 19.4. The van der Waals surface area contributed by atoms with Gasteiger partial charge in [0.25, 0.3) is 0 Å². The van der Waals surface area contributed by atoms with Gasteiger partial charge < -0.3 is 16.2 Å². The van der Waals surface area contributed by atoms with E-state index in [1.54, 1.807) is 0 Å². The molecule has 0 bridgehead atoms. The van der Waals surface area contributed by atoms with Gasteiger partial charge >= 0.3 is 18.4 Å². The Morgan fingerprint density at radius 1 is 1.11 bits per heavy atom. The quantitative estimate of drug-likeness (QED) is 0.266. The molecule has 2 rings (SSSR count). The molecule has 35 heavy (non-hydrogen) atoms. The first-order chi connectivity index (χ1) is 16.3. The standard InChI is InChI=1S/C22H17F7N4O2/c1-33(16-5-3-15(23)4-6-16)20(34)35-19-17(13(11-31)12-32-8-2-7-30)9-14(21(24,25)26)10-18(19)22(27,28)29/h3-6,9-12H,8,30-31H2,1H3/b13-11+,32-12?. The van der Waals surface area contributed by atoms with E-state index in [-0.39, 0.29) is 18.3 Å². The molecule has 0 aliphatic heterocycles. The molecule has 13 heteroatoms. The summed E-state index contributed by atoms with van der Waals surface area (Å²) in [7, 11) is 1.11. The van der Waals surface area contributed by atoms with Gasteiger partial charge in [-0.05, 0) is 36.4 Å². The Labute approximate surface area is 194 Å². The highest BCUT2D eigenvalue weighted by molar-refractivity contribution is 6.11. The Balaban J connectivity index is 2.69. The predicted molar refractivity (Wildman–Crippen MR) is 115 cm³/mol. The Kier molecular flexibility index (Phi) is 8.35. The van der Waals surface area contributed by atoms with Crippen molar-refractivity contribution in [3.8, 4) is 17.7 Å². The molecule has 0 spiro atoms. The number of halogens is 7. The molecule has 4 N–H and O–H groups in total. The molecule has 2 aromatic carbocycles. The normalized spacial score (nSPS) is 12.3. The lowest BCUT2D eigenvalue weighted by Gasteiger charge is -2.22. The smallest absolute Gasteiger partial charge is 0.409 e. The molecule has 0 aliphatic carbocycles. The average Bonchev–Trinajstić information content (AvgIpc) is 2.78. The monoisotopic (exact) mass is 502 g/mol. The van der Waals surface area contributed by atoms with Gasteiger partial charge in [0.2, 0.25) is 0 Å². The molecule has 186 valence electrons. The third kappa shape index (κ3) is 6.89. The molecule has 0 saturated carbocycles. The molecule has 0 aromatic heterocycles. The molecule has 0 atom stereocenters. The summed E-state index contributed by atoms with van der Waals surface area (Å²) in [6.07, 6.45) is -10.4. The number of ether oxygens (including phenoxy) is 1. The van der Waals surface area contributed by atoms with Gasteiger partial charge in [-0.1, -0.05) is 5.92 Å². The van der Waals surface area contributed by atoms with E-state index in [1.165, 1.54) is 0 Å². The Hall–Kier alpha value is -4.21. The van der Waals surface area contributed by atoms with Crippen LogP contribution in [-0.4, -0.2) is 25.9 Å². The van der Waals surface area contributed by atoms with Gasteiger partial charge in [-0.3, -0.25) is 9.89 Å². The summed E-state index contributed by atoms with van der Waals surface area (Å²) >= 11 is 0. The van der Waals surface area contributed by atoms with Crippen LogP contribution in [0.15, 0.2) is 47.6 Å². The van der Waals surface area contributed by atoms with Crippen LogP contribution in [0.3, 0.4) is 0 Å². The van der Waals surface area contributed by atoms with E-state index < -0.39 is 52.3 Å². The maximum atomic E-state index is 13.8. The van der Waals surface area contributed by atoms with E-state index in [0.717, 1.165) is 42.4 Å². The highest BCUT2D eigenvalue weighted by Gasteiger charge is 2.41. The number of anilines is 1. The number of alkyl halides is 6. The molecule has 0 radical (unpaired) electrons. The van der Waals surface area contributed by atoms with Crippen LogP contribution in [0.5, 0.6) is 5.75 Å². The van der Waals surface area contributed by atoms with Crippen molar-refractivity contribution in [2.75, 3.05) is 18.5 Å². The lowest BCUT2D eigenvalue weighted by Crippen LogP contribution is -2.30. The summed E-state index contributed by atoms with van der Waals surface area (Å²) in [5.74, 6) is 0.437. The van der Waals surface area contributed by atoms with Crippen molar-refractivity contribution in [1.29, 1.82) is 0 Å². The third-order valence-corrected chi connectivity index (χ3v) is 4.39. The summed E-state index contributed by atoms with van der Waals surface area (Å²) in [4.78, 5) is 17.1. The SMILES string of the molecule is CN(C(=O)Oc1c(/C(C=NCC#CN)=C/N)cc(C(F)(F)F)cc1C(F)(F)F)c1ccc(F)cc1. The topological polar surface area (TPSA) is 93.9 Å². The number of carbonyl (C=O) groups is 1. The van der Waals surface area contributed by atoms with Crippen LogP contribution in [0.2, 0.25) is 0 Å². The minimum absolute atomic E-state index is 0.0370. The van der Waals surface area contributed by atoms with E-state index in [9.17, 15) is 35.5 Å². The maximum Gasteiger partial charge on any atom is 0.420 e. The maximum absolute atomic E-state index is 13.8. The molecule has 2 aromatic rings. The Morgan fingerprint density at radius 3 is 2.26 bits per heavy atom. The summed E-state index contributed by atoms with van der Waals surface area (Å²) in [6.45, 7) is -0.235. The Morgan fingerprint density at radius 2 is 1.74 bits per heavy atom. The summed E-state index contributed by atoms with van der Waals surface area (Å²) in [6, 6.07) is 6.43. The van der Waals surface area contributed by atoms with E-state index in [0.29, 0.717) is 12.3 Å². The molecule has 0 fully saturated rings. The number of rotatable bonds is 5. The van der Waals surface area contributed by atoms with Crippen LogP contribution in [0.4, 0.5) is 41.2 Å². The lowest BCUT2D eigenvalue weighted by molar-refractivity contribution is -0.143. The molecule has 0 saturated heterocycles. The fourth-order valence-corrected chi connectivity index (χ4v) is 2.69. The van der Waals surface area contributed by atoms with Crippen molar-refractivity contribution in [2.45, 2.75) is 12.4 Å². The van der Waals surface area contributed by atoms with Crippen LogP contribution in [0.25, 0.3) is 5.57 Å². The molecule has 0 unspecified atom stereocenters. The second-order valence-electron chi connectivity index (χ2n) is 6.71. The number of benzene rings is 2. The van der Waals surface area contributed by atoms with Crippen molar-refractivity contribution in [3.63, 3.8) is 0 Å². The van der Waals surface area contributed by atoms with Crippen LogP contribution < -0.4 is 21.1 Å². The highest BCUT2D eigenvalue weighted by Crippen LogP contribution is 2.44. The lowest BCUT2D eigenvalue weighted by atomic mass is 9.98. The molecule has 1 amide bonds. The Bertz CT molecular complexity index is 1190. The van der Waals surface area contributed by atoms with Crippen molar-refractivity contribution >= 4 is 23.6 Å².